The summed E-state index contributed by atoms with van der Waals surface area (Å²) in [6, 6.07) is 11.1. The van der Waals surface area contributed by atoms with E-state index >= 15 is 0 Å². The van der Waals surface area contributed by atoms with Gasteiger partial charge in [0.15, 0.2) is 0 Å². The van der Waals surface area contributed by atoms with E-state index in [1.54, 1.807) is 25.1 Å². The molecule has 4 rings (SSSR count). The molecule has 1 aliphatic rings. The molecule has 1 N–H and O–H groups in total. The van der Waals surface area contributed by atoms with E-state index in [4.69, 9.17) is 9.15 Å². The molecule has 1 atom stereocenters. The minimum atomic E-state index is -1.29. The fourth-order valence-electron chi connectivity index (χ4n) is 3.78. The zero-order valence-electron chi connectivity index (χ0n) is 16.4. The molecular formula is C22H19FN2O5. The van der Waals surface area contributed by atoms with Gasteiger partial charge in [0.05, 0.1) is 13.7 Å². The van der Waals surface area contributed by atoms with Crippen LogP contribution in [0.4, 0.5) is 9.18 Å². The molecule has 1 saturated heterocycles. The normalized spacial score (nSPS) is 18.7. The second-order valence-electron chi connectivity index (χ2n) is 7.04. The largest absolute Gasteiger partial charge is 0.497 e. The van der Waals surface area contributed by atoms with Crippen LogP contribution < -0.4 is 15.7 Å². The van der Waals surface area contributed by atoms with Crippen LogP contribution in [0.5, 0.6) is 5.75 Å². The number of hydrogen-bond donors (Lipinski definition) is 1. The van der Waals surface area contributed by atoms with Crippen molar-refractivity contribution in [1.29, 1.82) is 0 Å². The molecule has 7 nitrogen and oxygen atoms in total. The Bertz CT molecular complexity index is 1200. The number of carbonyl (C=O) groups excluding carboxylic acids is 2. The van der Waals surface area contributed by atoms with E-state index in [2.05, 4.69) is 5.32 Å². The van der Waals surface area contributed by atoms with E-state index < -0.39 is 28.9 Å². The van der Waals surface area contributed by atoms with E-state index in [0.29, 0.717) is 27.8 Å². The van der Waals surface area contributed by atoms with Crippen molar-refractivity contribution in [2.45, 2.75) is 25.4 Å². The molecule has 154 valence electrons. The van der Waals surface area contributed by atoms with Gasteiger partial charge in [0.25, 0.3) is 5.91 Å². The monoisotopic (exact) mass is 410 g/mol. The predicted molar refractivity (Wildman–Crippen MR) is 106 cm³/mol. The van der Waals surface area contributed by atoms with Crippen LogP contribution in [0.1, 0.15) is 24.5 Å². The third kappa shape index (κ3) is 3.10. The molecule has 1 aromatic heterocycles. The maximum absolute atomic E-state index is 13.4. The van der Waals surface area contributed by atoms with Gasteiger partial charge in [0.2, 0.25) is 0 Å². The zero-order valence-corrected chi connectivity index (χ0v) is 16.4. The van der Waals surface area contributed by atoms with Gasteiger partial charge in [-0.3, -0.25) is 9.69 Å². The lowest BCUT2D eigenvalue weighted by molar-refractivity contribution is -0.132. The van der Waals surface area contributed by atoms with Crippen LogP contribution in [0, 0.1) is 5.82 Å². The van der Waals surface area contributed by atoms with Crippen molar-refractivity contribution >= 4 is 22.9 Å². The van der Waals surface area contributed by atoms with E-state index in [1.165, 1.54) is 37.4 Å². The summed E-state index contributed by atoms with van der Waals surface area (Å²) < 4.78 is 23.7. The quantitative estimate of drug-likeness (QED) is 0.515. The number of hydrogen-bond acceptors (Lipinski definition) is 5. The fraction of sp³-hybridized carbons (Fsp3) is 0.227. The van der Waals surface area contributed by atoms with Gasteiger partial charge in [-0.15, -0.1) is 0 Å². The molecule has 2 aromatic carbocycles. The van der Waals surface area contributed by atoms with Crippen LogP contribution in [0.25, 0.3) is 11.0 Å². The molecule has 0 radical (unpaired) electrons. The maximum Gasteiger partial charge on any atom is 0.336 e. The number of benzene rings is 2. The summed E-state index contributed by atoms with van der Waals surface area (Å²) >= 11 is 0. The molecule has 0 aliphatic carbocycles. The lowest BCUT2D eigenvalue weighted by Crippen LogP contribution is -2.43. The van der Waals surface area contributed by atoms with Crippen molar-refractivity contribution in [3.05, 3.63) is 75.9 Å². The Balaban J connectivity index is 1.74. The van der Waals surface area contributed by atoms with Gasteiger partial charge >= 0.3 is 11.7 Å². The van der Waals surface area contributed by atoms with Gasteiger partial charge in [0, 0.05) is 17.5 Å². The maximum atomic E-state index is 13.4. The number of rotatable bonds is 5. The van der Waals surface area contributed by atoms with Crippen LogP contribution in [-0.4, -0.2) is 23.9 Å². The van der Waals surface area contributed by atoms with Gasteiger partial charge in [0.1, 0.15) is 22.7 Å². The standard InChI is InChI=1S/C22H19FN2O5/c1-3-22(14-4-6-15(23)7-5-14)20(27)25(21(28)24-22)12-13-10-19(26)30-18-11-16(29-2)8-9-17(13)18/h4-11H,3,12H2,1-2H3,(H,24,28). The Morgan fingerprint density at radius 2 is 1.83 bits per heavy atom. The van der Waals surface area contributed by atoms with E-state index in [9.17, 15) is 18.8 Å². The van der Waals surface area contributed by atoms with Gasteiger partial charge < -0.3 is 14.5 Å². The number of nitrogens with zero attached hydrogens (tertiary/aromatic N) is 1. The average molecular weight is 410 g/mol. The van der Waals surface area contributed by atoms with Gasteiger partial charge in [-0.2, -0.15) is 0 Å². The number of nitrogens with one attached hydrogen (secondary N) is 1. The molecule has 1 unspecified atom stereocenters. The van der Waals surface area contributed by atoms with Crippen LogP contribution >= 0.6 is 0 Å². The summed E-state index contributed by atoms with van der Waals surface area (Å²) in [5.74, 6) is -0.382. The topological polar surface area (TPSA) is 88.8 Å². The van der Waals surface area contributed by atoms with Gasteiger partial charge in [-0.25, -0.2) is 14.0 Å². The molecule has 1 fully saturated rings. The number of carbonyl (C=O) groups is 2. The number of methoxy groups -OCH3 is 1. The van der Waals surface area contributed by atoms with E-state index in [0.717, 1.165) is 4.90 Å². The van der Waals surface area contributed by atoms with Crippen LogP contribution in [0.3, 0.4) is 0 Å². The van der Waals surface area contributed by atoms with Crippen molar-refractivity contribution in [1.82, 2.24) is 10.2 Å². The third-order valence-electron chi connectivity index (χ3n) is 5.41. The van der Waals surface area contributed by atoms with Crippen LogP contribution in [-0.2, 0) is 16.9 Å². The molecule has 3 amide bonds. The zero-order chi connectivity index (χ0) is 21.5. The minimum Gasteiger partial charge on any atom is -0.497 e. The van der Waals surface area contributed by atoms with Crippen molar-refractivity contribution in [3.8, 4) is 5.75 Å². The van der Waals surface area contributed by atoms with Gasteiger partial charge in [-0.05, 0) is 41.8 Å². The highest BCUT2D eigenvalue weighted by Crippen LogP contribution is 2.34. The molecule has 0 saturated carbocycles. The highest BCUT2D eigenvalue weighted by Gasteiger charge is 2.51. The number of halogens is 1. The Labute approximate surface area is 171 Å². The molecule has 1 aliphatic heterocycles. The first kappa shape index (κ1) is 19.6. The highest BCUT2D eigenvalue weighted by molar-refractivity contribution is 6.07. The molecule has 3 aromatic rings. The molecule has 0 bridgehead atoms. The van der Waals surface area contributed by atoms with Crippen molar-refractivity contribution < 1.29 is 23.1 Å². The first-order valence-electron chi connectivity index (χ1n) is 9.39. The molecule has 8 heteroatoms. The Morgan fingerprint density at radius 1 is 1.10 bits per heavy atom. The molecule has 2 heterocycles. The number of urea groups is 1. The lowest BCUT2D eigenvalue weighted by atomic mass is 9.87. The number of fused-ring (bicyclic) bond motifs is 1. The fourth-order valence-corrected chi connectivity index (χ4v) is 3.78. The summed E-state index contributed by atoms with van der Waals surface area (Å²) in [7, 11) is 1.50. The van der Waals surface area contributed by atoms with Crippen molar-refractivity contribution in [2.24, 2.45) is 0 Å². The summed E-state index contributed by atoms with van der Waals surface area (Å²) in [6.07, 6.45) is 0.286. The summed E-state index contributed by atoms with van der Waals surface area (Å²) in [5.41, 5.74) is -0.626. The summed E-state index contributed by atoms with van der Waals surface area (Å²) in [6.45, 7) is 1.66. The first-order chi connectivity index (χ1) is 14.4. The Hall–Kier alpha value is -3.68. The minimum absolute atomic E-state index is 0.109. The SMILES string of the molecule is CCC1(c2ccc(F)cc2)NC(=O)N(Cc2cc(=O)oc3cc(OC)ccc23)C1=O. The lowest BCUT2D eigenvalue weighted by Gasteiger charge is -2.25. The average Bonchev–Trinajstić information content (AvgIpc) is 2.98. The summed E-state index contributed by atoms with van der Waals surface area (Å²) in [5, 5.41) is 3.34. The number of amides is 3. The summed E-state index contributed by atoms with van der Waals surface area (Å²) in [4.78, 5) is 39.1. The Kier molecular flexibility index (Phi) is 4.77. The third-order valence-corrected chi connectivity index (χ3v) is 5.41. The second kappa shape index (κ2) is 7.29. The van der Waals surface area contributed by atoms with E-state index in [1.807, 2.05) is 0 Å². The second-order valence-corrected chi connectivity index (χ2v) is 7.04. The first-order valence-corrected chi connectivity index (χ1v) is 9.39. The van der Waals surface area contributed by atoms with Gasteiger partial charge in [-0.1, -0.05) is 19.1 Å². The molecular weight excluding hydrogens is 391 g/mol. The highest BCUT2D eigenvalue weighted by atomic mass is 19.1. The van der Waals surface area contributed by atoms with Crippen LogP contribution in [0.2, 0.25) is 0 Å². The number of imide groups is 1. The van der Waals surface area contributed by atoms with Crippen LogP contribution in [0.15, 0.2) is 57.7 Å². The molecule has 0 spiro atoms. The van der Waals surface area contributed by atoms with Crippen molar-refractivity contribution in [3.63, 3.8) is 0 Å². The Morgan fingerprint density at radius 3 is 2.50 bits per heavy atom. The molecule has 30 heavy (non-hydrogen) atoms. The predicted octanol–water partition coefficient (Wildman–Crippen LogP) is 3.30. The van der Waals surface area contributed by atoms with E-state index in [-0.39, 0.29) is 13.0 Å². The number of ether oxygens (including phenoxy) is 1. The van der Waals surface area contributed by atoms with Crippen molar-refractivity contribution in [2.75, 3.05) is 7.11 Å². The smallest absolute Gasteiger partial charge is 0.336 e.